The number of hydrogen-bond donors (Lipinski definition) is 1. The molecule has 0 saturated heterocycles. The summed E-state index contributed by atoms with van der Waals surface area (Å²) in [5.41, 5.74) is 3.36. The molecule has 0 aliphatic heterocycles. The summed E-state index contributed by atoms with van der Waals surface area (Å²) in [6.07, 6.45) is 5.27. The Balaban J connectivity index is 2.26. The molecule has 0 radical (unpaired) electrons. The Labute approximate surface area is 111 Å². The van der Waals surface area contributed by atoms with Crippen molar-refractivity contribution in [3.05, 3.63) is 34.9 Å². The van der Waals surface area contributed by atoms with Crippen LogP contribution in [0.25, 0.3) is 0 Å². The van der Waals surface area contributed by atoms with E-state index in [1.807, 2.05) is 0 Å². The summed E-state index contributed by atoms with van der Waals surface area (Å²) in [5.74, 6) is 0. The molecule has 0 amide bonds. The monoisotopic (exact) mass is 246 g/mol. The van der Waals surface area contributed by atoms with Crippen molar-refractivity contribution in [1.82, 2.24) is 0 Å². The Bertz CT molecular complexity index is 413. The second kappa shape index (κ2) is 4.70. The van der Waals surface area contributed by atoms with Crippen molar-refractivity contribution in [2.24, 2.45) is 5.41 Å². The Hall–Kier alpha value is -0.820. The van der Waals surface area contributed by atoms with E-state index in [4.69, 9.17) is 0 Å². The summed E-state index contributed by atoms with van der Waals surface area (Å²) < 4.78 is 0. The first-order valence-electron chi connectivity index (χ1n) is 7.12. The molecule has 1 unspecified atom stereocenters. The third kappa shape index (κ3) is 2.61. The summed E-state index contributed by atoms with van der Waals surface area (Å²) >= 11 is 0. The average Bonchev–Trinajstić information content (AvgIpc) is 2.21. The van der Waals surface area contributed by atoms with Gasteiger partial charge in [-0.05, 0) is 37.7 Å². The van der Waals surface area contributed by atoms with Crippen LogP contribution in [0.3, 0.4) is 0 Å². The molecule has 0 heterocycles. The molecule has 0 aromatic heterocycles. The predicted molar refractivity (Wildman–Crippen MR) is 76.8 cm³/mol. The van der Waals surface area contributed by atoms with E-state index in [-0.39, 0.29) is 5.41 Å². The molecule has 1 N–H and O–H groups in total. The van der Waals surface area contributed by atoms with Crippen molar-refractivity contribution < 1.29 is 5.11 Å². The number of aliphatic hydroxyl groups is 1. The van der Waals surface area contributed by atoms with Crippen molar-refractivity contribution in [2.45, 2.75) is 65.4 Å². The molecule has 1 aromatic carbocycles. The lowest BCUT2D eigenvalue weighted by molar-refractivity contribution is -0.0958. The van der Waals surface area contributed by atoms with Crippen LogP contribution in [0.1, 0.15) is 56.2 Å². The zero-order chi connectivity index (χ0) is 13.4. The summed E-state index contributed by atoms with van der Waals surface area (Å²) in [7, 11) is 0. The van der Waals surface area contributed by atoms with Crippen molar-refractivity contribution >= 4 is 0 Å². The highest BCUT2D eigenvalue weighted by molar-refractivity contribution is 5.30. The minimum absolute atomic E-state index is 0.0307. The molecule has 100 valence electrons. The summed E-state index contributed by atoms with van der Waals surface area (Å²) in [6, 6.07) is 6.63. The molecular weight excluding hydrogens is 220 g/mol. The van der Waals surface area contributed by atoms with Gasteiger partial charge in [0.15, 0.2) is 0 Å². The maximum absolute atomic E-state index is 11.0. The van der Waals surface area contributed by atoms with Crippen LogP contribution in [-0.2, 0) is 6.42 Å². The fourth-order valence-electron chi connectivity index (χ4n) is 3.39. The number of hydrogen-bond acceptors (Lipinski definition) is 1. The molecule has 18 heavy (non-hydrogen) atoms. The maximum atomic E-state index is 11.0. The first-order valence-corrected chi connectivity index (χ1v) is 7.12. The van der Waals surface area contributed by atoms with Gasteiger partial charge < -0.3 is 5.11 Å². The Morgan fingerprint density at radius 3 is 2.11 bits per heavy atom. The average molecular weight is 246 g/mol. The largest absolute Gasteiger partial charge is 0.389 e. The number of rotatable bonds is 2. The SMILES string of the molecule is Cc1cc(C)cc(CC2(O)CCCCC2(C)C)c1. The second-order valence-electron chi connectivity index (χ2n) is 6.80. The molecule has 1 fully saturated rings. The van der Waals surface area contributed by atoms with Crippen LogP contribution in [0.5, 0.6) is 0 Å². The van der Waals surface area contributed by atoms with E-state index in [1.54, 1.807) is 0 Å². The number of benzene rings is 1. The van der Waals surface area contributed by atoms with Crippen LogP contribution >= 0.6 is 0 Å². The van der Waals surface area contributed by atoms with Gasteiger partial charge in [0.2, 0.25) is 0 Å². The lowest BCUT2D eigenvalue weighted by atomic mass is 9.63. The van der Waals surface area contributed by atoms with E-state index >= 15 is 0 Å². The van der Waals surface area contributed by atoms with Gasteiger partial charge in [-0.25, -0.2) is 0 Å². The smallest absolute Gasteiger partial charge is 0.0738 e. The first kappa shape index (κ1) is 13.6. The highest BCUT2D eigenvalue weighted by Gasteiger charge is 2.44. The summed E-state index contributed by atoms with van der Waals surface area (Å²) in [4.78, 5) is 0. The van der Waals surface area contributed by atoms with E-state index in [2.05, 4.69) is 45.9 Å². The zero-order valence-electron chi connectivity index (χ0n) is 12.2. The van der Waals surface area contributed by atoms with Gasteiger partial charge in [0.25, 0.3) is 0 Å². The Kier molecular flexibility index (Phi) is 3.55. The van der Waals surface area contributed by atoms with Crippen molar-refractivity contribution in [3.63, 3.8) is 0 Å². The van der Waals surface area contributed by atoms with Gasteiger partial charge in [0.05, 0.1) is 5.60 Å². The van der Waals surface area contributed by atoms with E-state index in [9.17, 15) is 5.11 Å². The molecule has 1 atom stereocenters. The van der Waals surface area contributed by atoms with E-state index in [0.717, 1.165) is 25.7 Å². The Morgan fingerprint density at radius 2 is 1.56 bits per heavy atom. The Morgan fingerprint density at radius 1 is 1.00 bits per heavy atom. The highest BCUT2D eigenvalue weighted by atomic mass is 16.3. The normalized spacial score (nSPS) is 27.2. The molecular formula is C17H26O. The van der Waals surface area contributed by atoms with Crippen LogP contribution in [0.15, 0.2) is 18.2 Å². The topological polar surface area (TPSA) is 20.2 Å². The van der Waals surface area contributed by atoms with Gasteiger partial charge in [-0.2, -0.15) is 0 Å². The molecule has 1 aliphatic rings. The van der Waals surface area contributed by atoms with Gasteiger partial charge in [0, 0.05) is 6.42 Å². The van der Waals surface area contributed by atoms with Gasteiger partial charge in [-0.3, -0.25) is 0 Å². The molecule has 0 spiro atoms. The van der Waals surface area contributed by atoms with Crippen LogP contribution < -0.4 is 0 Å². The van der Waals surface area contributed by atoms with E-state index < -0.39 is 5.60 Å². The van der Waals surface area contributed by atoms with Crippen LogP contribution in [0.2, 0.25) is 0 Å². The minimum Gasteiger partial charge on any atom is -0.389 e. The first-order chi connectivity index (χ1) is 8.32. The molecule has 1 aliphatic carbocycles. The van der Waals surface area contributed by atoms with Crippen molar-refractivity contribution in [2.75, 3.05) is 0 Å². The molecule has 2 rings (SSSR count). The quantitative estimate of drug-likeness (QED) is 0.830. The summed E-state index contributed by atoms with van der Waals surface area (Å²) in [6.45, 7) is 8.70. The summed E-state index contributed by atoms with van der Waals surface area (Å²) in [5, 5.41) is 11.0. The van der Waals surface area contributed by atoms with Gasteiger partial charge >= 0.3 is 0 Å². The van der Waals surface area contributed by atoms with E-state index in [1.165, 1.54) is 23.1 Å². The van der Waals surface area contributed by atoms with Gasteiger partial charge in [-0.1, -0.05) is 56.0 Å². The van der Waals surface area contributed by atoms with Gasteiger partial charge in [-0.15, -0.1) is 0 Å². The van der Waals surface area contributed by atoms with E-state index in [0.29, 0.717) is 0 Å². The standard InChI is InChI=1S/C17H26O/c1-13-9-14(2)11-15(10-13)12-17(18)8-6-5-7-16(17,3)4/h9-11,18H,5-8,12H2,1-4H3. The lowest BCUT2D eigenvalue weighted by Gasteiger charge is -2.47. The molecule has 1 saturated carbocycles. The highest BCUT2D eigenvalue weighted by Crippen LogP contribution is 2.45. The fraction of sp³-hybridized carbons (Fsp3) is 0.647. The van der Waals surface area contributed by atoms with Crippen LogP contribution in [0, 0.1) is 19.3 Å². The zero-order valence-corrected chi connectivity index (χ0v) is 12.2. The van der Waals surface area contributed by atoms with Crippen LogP contribution in [-0.4, -0.2) is 10.7 Å². The van der Waals surface area contributed by atoms with Crippen LogP contribution in [0.4, 0.5) is 0 Å². The fourth-order valence-corrected chi connectivity index (χ4v) is 3.39. The second-order valence-corrected chi connectivity index (χ2v) is 6.80. The molecule has 1 aromatic rings. The maximum Gasteiger partial charge on any atom is 0.0738 e. The molecule has 1 nitrogen and oxygen atoms in total. The third-order valence-electron chi connectivity index (χ3n) is 4.68. The number of aryl methyl sites for hydroxylation is 2. The molecule has 1 heteroatoms. The van der Waals surface area contributed by atoms with Crippen molar-refractivity contribution in [1.29, 1.82) is 0 Å². The van der Waals surface area contributed by atoms with Crippen molar-refractivity contribution in [3.8, 4) is 0 Å². The molecule has 0 bridgehead atoms. The third-order valence-corrected chi connectivity index (χ3v) is 4.68. The van der Waals surface area contributed by atoms with Gasteiger partial charge in [0.1, 0.15) is 0 Å². The lowest BCUT2D eigenvalue weighted by Crippen LogP contribution is -2.48. The minimum atomic E-state index is -0.536. The predicted octanol–water partition coefficient (Wildman–Crippen LogP) is 4.18.